The Labute approximate surface area is 154 Å². The van der Waals surface area contributed by atoms with Crippen LogP contribution in [0.3, 0.4) is 0 Å². The van der Waals surface area contributed by atoms with E-state index in [2.05, 4.69) is 18.8 Å². The maximum absolute atomic E-state index is 14.8. The molecule has 0 spiro atoms. The Morgan fingerprint density at radius 3 is 1.93 bits per heavy atom. The number of nitrogens with one attached hydrogen (secondary N) is 1. The number of halogens is 3. The van der Waals surface area contributed by atoms with Crippen molar-refractivity contribution in [2.75, 3.05) is 4.90 Å². The van der Waals surface area contributed by atoms with E-state index in [0.717, 1.165) is 11.1 Å². The van der Waals surface area contributed by atoms with E-state index in [9.17, 15) is 13.2 Å². The Hall–Kier alpha value is -3.15. The molecule has 0 unspecified atom stereocenters. The normalized spacial score (nSPS) is 14.5. The summed E-state index contributed by atoms with van der Waals surface area (Å²) in [5.74, 6) is -4.08. The van der Waals surface area contributed by atoms with Crippen molar-refractivity contribution in [3.63, 3.8) is 0 Å². The lowest BCUT2D eigenvalue weighted by atomic mass is 9.73. The minimum Gasteiger partial charge on any atom is -0.308 e. The van der Waals surface area contributed by atoms with Gasteiger partial charge in [0.25, 0.3) is 5.95 Å². The van der Waals surface area contributed by atoms with Gasteiger partial charge < -0.3 is 10.3 Å². The zero-order valence-corrected chi connectivity index (χ0v) is 14.7. The lowest BCUT2D eigenvalue weighted by Crippen LogP contribution is -2.31. The molecule has 0 aliphatic carbocycles. The molecule has 2 heterocycles. The fraction of sp³-hybridized carbons (Fsp3) is 0.143. The van der Waals surface area contributed by atoms with E-state index in [1.165, 1.54) is 4.90 Å². The first-order valence-electron chi connectivity index (χ1n) is 8.42. The van der Waals surface area contributed by atoms with Crippen LogP contribution in [0.5, 0.6) is 0 Å². The van der Waals surface area contributed by atoms with Crippen LogP contribution in [0.15, 0.2) is 48.5 Å². The van der Waals surface area contributed by atoms with Crippen LogP contribution in [0.4, 0.5) is 30.2 Å². The van der Waals surface area contributed by atoms with Gasteiger partial charge in [0.1, 0.15) is 5.69 Å². The van der Waals surface area contributed by atoms with Crippen LogP contribution >= 0.6 is 0 Å². The van der Waals surface area contributed by atoms with Crippen molar-refractivity contribution in [3.8, 4) is 0 Å². The Bertz CT molecular complexity index is 1030. The molecule has 0 saturated heterocycles. The first-order valence-corrected chi connectivity index (χ1v) is 8.42. The van der Waals surface area contributed by atoms with Crippen LogP contribution in [0.1, 0.15) is 30.5 Å². The number of rotatable bonds is 2. The molecule has 0 fully saturated rings. The molecule has 1 aromatic heterocycles. The first kappa shape index (κ1) is 17.3. The zero-order chi connectivity index (χ0) is 19.3. The number of pyridine rings is 1. The van der Waals surface area contributed by atoms with Crippen molar-refractivity contribution < 1.29 is 13.2 Å². The van der Waals surface area contributed by atoms with Crippen LogP contribution < -0.4 is 4.90 Å². The Kier molecular flexibility index (Phi) is 3.80. The highest BCUT2D eigenvalue weighted by atomic mass is 19.2. The van der Waals surface area contributed by atoms with Crippen molar-refractivity contribution in [1.82, 2.24) is 4.98 Å². The van der Waals surface area contributed by atoms with Gasteiger partial charge in [-0.2, -0.15) is 13.8 Å². The molecule has 6 heteroatoms. The van der Waals surface area contributed by atoms with Crippen LogP contribution in [0, 0.1) is 23.1 Å². The molecule has 0 saturated carbocycles. The third kappa shape index (κ3) is 2.36. The van der Waals surface area contributed by atoms with Gasteiger partial charge >= 0.3 is 0 Å². The summed E-state index contributed by atoms with van der Waals surface area (Å²) in [6, 6.07) is 14.8. The Morgan fingerprint density at radius 2 is 1.41 bits per heavy atom. The average Bonchev–Trinajstić information content (AvgIpc) is 2.66. The maximum atomic E-state index is 14.8. The molecule has 0 atom stereocenters. The number of para-hydroxylation sites is 2. The SMILES string of the molecule is CC1(C)c2ccccc2N(c2c(F)nc(F)c(F)c2C=N)c2ccccc21. The van der Waals surface area contributed by atoms with Gasteiger partial charge in [0, 0.05) is 11.6 Å². The minimum absolute atomic E-state index is 0.278. The third-order valence-corrected chi connectivity index (χ3v) is 5.07. The van der Waals surface area contributed by atoms with Crippen LogP contribution in [-0.2, 0) is 5.41 Å². The third-order valence-electron chi connectivity index (χ3n) is 5.07. The van der Waals surface area contributed by atoms with Gasteiger partial charge in [0.15, 0.2) is 5.82 Å². The molecule has 0 amide bonds. The molecular formula is C21H16F3N3. The van der Waals surface area contributed by atoms with Gasteiger partial charge in [-0.25, -0.2) is 4.39 Å². The molecule has 1 aliphatic rings. The number of hydrogen-bond donors (Lipinski definition) is 1. The van der Waals surface area contributed by atoms with Crippen molar-refractivity contribution in [3.05, 3.63) is 82.9 Å². The van der Waals surface area contributed by atoms with Gasteiger partial charge in [0.05, 0.1) is 16.9 Å². The van der Waals surface area contributed by atoms with E-state index in [1.54, 1.807) is 24.3 Å². The summed E-state index contributed by atoms with van der Waals surface area (Å²) in [5.41, 5.74) is 1.94. The van der Waals surface area contributed by atoms with Crippen LogP contribution in [-0.4, -0.2) is 11.2 Å². The molecule has 27 heavy (non-hydrogen) atoms. The molecule has 1 N–H and O–H groups in total. The minimum atomic E-state index is -1.56. The number of nitrogens with zero attached hydrogens (tertiary/aromatic N) is 2. The Balaban J connectivity index is 2.13. The monoisotopic (exact) mass is 367 g/mol. The van der Waals surface area contributed by atoms with Gasteiger partial charge in [-0.15, -0.1) is 0 Å². The number of anilines is 3. The van der Waals surface area contributed by atoms with E-state index in [-0.39, 0.29) is 11.1 Å². The number of fused-ring (bicyclic) bond motifs is 2. The summed E-state index contributed by atoms with van der Waals surface area (Å²) >= 11 is 0. The first-order chi connectivity index (χ1) is 12.9. The maximum Gasteiger partial charge on any atom is 0.252 e. The van der Waals surface area contributed by atoms with Crippen molar-refractivity contribution in [1.29, 1.82) is 5.41 Å². The fourth-order valence-corrected chi connectivity index (χ4v) is 3.77. The second-order valence-electron chi connectivity index (χ2n) is 6.91. The predicted octanol–water partition coefficient (Wildman–Crippen LogP) is 5.61. The molecule has 0 radical (unpaired) electrons. The van der Waals surface area contributed by atoms with Crippen LogP contribution in [0.2, 0.25) is 0 Å². The second-order valence-corrected chi connectivity index (χ2v) is 6.91. The van der Waals surface area contributed by atoms with E-state index in [0.29, 0.717) is 17.6 Å². The smallest absolute Gasteiger partial charge is 0.252 e. The van der Waals surface area contributed by atoms with E-state index in [1.807, 2.05) is 24.3 Å². The number of hydrogen-bond acceptors (Lipinski definition) is 3. The largest absolute Gasteiger partial charge is 0.308 e. The van der Waals surface area contributed by atoms with Gasteiger partial charge in [-0.3, -0.25) is 0 Å². The van der Waals surface area contributed by atoms with Gasteiger partial charge in [-0.05, 0) is 23.3 Å². The van der Waals surface area contributed by atoms with Crippen LogP contribution in [0.25, 0.3) is 0 Å². The van der Waals surface area contributed by atoms with E-state index < -0.39 is 23.3 Å². The van der Waals surface area contributed by atoms with E-state index >= 15 is 0 Å². The summed E-state index contributed by atoms with van der Waals surface area (Å²) in [7, 11) is 0. The summed E-state index contributed by atoms with van der Waals surface area (Å²) in [6.45, 7) is 4.11. The van der Waals surface area contributed by atoms with Gasteiger partial charge in [-0.1, -0.05) is 50.2 Å². The van der Waals surface area contributed by atoms with Crippen molar-refractivity contribution >= 4 is 23.3 Å². The molecule has 3 nitrogen and oxygen atoms in total. The number of aromatic nitrogens is 1. The molecule has 2 aromatic carbocycles. The molecule has 3 aromatic rings. The predicted molar refractivity (Wildman–Crippen MR) is 98.8 cm³/mol. The molecule has 136 valence electrons. The lowest BCUT2D eigenvalue weighted by Gasteiger charge is -2.42. The summed E-state index contributed by atoms with van der Waals surface area (Å²) in [6.07, 6.45) is 0.615. The standard InChI is InChI=1S/C21H16F3N3/c1-21(2)13-7-3-5-9-15(13)27(16-10-6-4-8-14(16)21)18-12(11-25)17(22)19(23)26-20(18)24/h3-11,25H,1-2H3. The molecule has 0 bridgehead atoms. The summed E-state index contributed by atoms with van der Waals surface area (Å²) in [4.78, 5) is 4.60. The summed E-state index contributed by atoms with van der Waals surface area (Å²) < 4.78 is 42.7. The summed E-state index contributed by atoms with van der Waals surface area (Å²) in [5, 5.41) is 7.53. The van der Waals surface area contributed by atoms with E-state index in [4.69, 9.17) is 5.41 Å². The highest BCUT2D eigenvalue weighted by Crippen LogP contribution is 2.52. The average molecular weight is 367 g/mol. The molecule has 4 rings (SSSR count). The Morgan fingerprint density at radius 1 is 0.889 bits per heavy atom. The quantitative estimate of drug-likeness (QED) is 0.473. The lowest BCUT2D eigenvalue weighted by molar-refractivity contribution is 0.447. The zero-order valence-electron chi connectivity index (χ0n) is 14.7. The highest BCUT2D eigenvalue weighted by molar-refractivity contribution is 5.94. The van der Waals surface area contributed by atoms with Crippen molar-refractivity contribution in [2.45, 2.75) is 19.3 Å². The second kappa shape index (κ2) is 5.94. The van der Waals surface area contributed by atoms with Crippen molar-refractivity contribution in [2.24, 2.45) is 0 Å². The topological polar surface area (TPSA) is 40.0 Å². The number of benzene rings is 2. The van der Waals surface area contributed by atoms with Gasteiger partial charge in [0.2, 0.25) is 5.95 Å². The fourth-order valence-electron chi connectivity index (χ4n) is 3.77. The molecule has 1 aliphatic heterocycles. The highest BCUT2D eigenvalue weighted by Gasteiger charge is 2.38. The molecular weight excluding hydrogens is 351 g/mol.